The van der Waals surface area contributed by atoms with Crippen LogP contribution in [0.25, 0.3) is 0 Å². The average molecular weight is 467 g/mol. The summed E-state index contributed by atoms with van der Waals surface area (Å²) in [5.41, 5.74) is 0.286. The number of hydrogen-bond donors (Lipinski definition) is 2. The van der Waals surface area contributed by atoms with Gasteiger partial charge in [-0.2, -0.15) is 0 Å². The fourth-order valence-electron chi connectivity index (χ4n) is 2.74. The molecular formula is C17H28F2IN5. The van der Waals surface area contributed by atoms with Crippen molar-refractivity contribution >= 4 is 29.9 Å². The highest BCUT2D eigenvalue weighted by molar-refractivity contribution is 14.0. The Morgan fingerprint density at radius 3 is 2.44 bits per heavy atom. The predicted octanol–water partition coefficient (Wildman–Crippen LogP) is 1.89. The molecule has 1 aromatic carbocycles. The first-order valence-corrected chi connectivity index (χ1v) is 8.45. The van der Waals surface area contributed by atoms with Crippen molar-refractivity contribution in [3.63, 3.8) is 0 Å². The van der Waals surface area contributed by atoms with Crippen molar-refractivity contribution in [1.82, 2.24) is 20.4 Å². The van der Waals surface area contributed by atoms with Gasteiger partial charge >= 0.3 is 0 Å². The maximum Gasteiger partial charge on any atom is 0.191 e. The standard InChI is InChI=1S/C17H27F2N5.HI/c1-3-23-8-10-24(11-9-23)7-6-21-17(20-2)22-13-14-12-15(18)4-5-16(14)19;/h4-5,12H,3,6-11,13H2,1-2H3,(H2,20,21,22);1H. The zero-order valence-corrected chi connectivity index (χ0v) is 17.2. The Balaban J connectivity index is 0.00000312. The smallest absolute Gasteiger partial charge is 0.191 e. The summed E-state index contributed by atoms with van der Waals surface area (Å²) in [6.45, 7) is 9.58. The SMILES string of the molecule is CCN1CCN(CCNC(=NC)NCc2cc(F)ccc2F)CC1.I. The monoisotopic (exact) mass is 467 g/mol. The lowest BCUT2D eigenvalue weighted by molar-refractivity contribution is 0.139. The zero-order chi connectivity index (χ0) is 17.4. The summed E-state index contributed by atoms with van der Waals surface area (Å²) < 4.78 is 26.8. The molecule has 1 aliphatic rings. The van der Waals surface area contributed by atoms with E-state index in [1.165, 1.54) is 6.07 Å². The Bertz CT molecular complexity index is 548. The molecule has 0 saturated carbocycles. The van der Waals surface area contributed by atoms with E-state index >= 15 is 0 Å². The number of rotatable bonds is 6. The molecule has 1 fully saturated rings. The first-order chi connectivity index (χ1) is 11.6. The molecule has 0 bridgehead atoms. The van der Waals surface area contributed by atoms with E-state index in [4.69, 9.17) is 0 Å². The van der Waals surface area contributed by atoms with E-state index < -0.39 is 11.6 Å². The number of benzene rings is 1. The molecule has 1 saturated heterocycles. The van der Waals surface area contributed by atoms with Gasteiger partial charge < -0.3 is 15.5 Å². The molecule has 8 heteroatoms. The van der Waals surface area contributed by atoms with E-state index in [1.54, 1.807) is 7.05 Å². The largest absolute Gasteiger partial charge is 0.355 e. The van der Waals surface area contributed by atoms with Gasteiger partial charge in [0.05, 0.1) is 0 Å². The maximum atomic E-state index is 13.6. The molecule has 2 N–H and O–H groups in total. The fraction of sp³-hybridized carbons (Fsp3) is 0.588. The third-order valence-corrected chi connectivity index (χ3v) is 4.31. The van der Waals surface area contributed by atoms with Crippen molar-refractivity contribution in [3.8, 4) is 0 Å². The first kappa shape index (κ1) is 22.0. The molecule has 25 heavy (non-hydrogen) atoms. The van der Waals surface area contributed by atoms with Crippen molar-refractivity contribution in [2.75, 3.05) is 52.9 Å². The molecule has 1 aromatic rings. The van der Waals surface area contributed by atoms with Crippen LogP contribution in [0.3, 0.4) is 0 Å². The van der Waals surface area contributed by atoms with Crippen molar-refractivity contribution in [3.05, 3.63) is 35.4 Å². The second-order valence-corrected chi connectivity index (χ2v) is 5.86. The van der Waals surface area contributed by atoms with Crippen molar-refractivity contribution in [2.24, 2.45) is 4.99 Å². The lowest BCUT2D eigenvalue weighted by Gasteiger charge is -2.34. The molecule has 0 spiro atoms. The zero-order valence-electron chi connectivity index (χ0n) is 14.9. The highest BCUT2D eigenvalue weighted by atomic mass is 127. The average Bonchev–Trinajstić information content (AvgIpc) is 2.61. The number of aliphatic imine (C=N–C) groups is 1. The van der Waals surface area contributed by atoms with Gasteiger partial charge in [0.25, 0.3) is 0 Å². The minimum Gasteiger partial charge on any atom is -0.355 e. The van der Waals surface area contributed by atoms with Crippen LogP contribution in [0, 0.1) is 11.6 Å². The predicted molar refractivity (Wildman–Crippen MR) is 109 cm³/mol. The van der Waals surface area contributed by atoms with Gasteiger partial charge in [0, 0.05) is 58.4 Å². The molecule has 0 atom stereocenters. The molecule has 1 heterocycles. The molecular weight excluding hydrogens is 439 g/mol. The van der Waals surface area contributed by atoms with Crippen LogP contribution in [0.2, 0.25) is 0 Å². The molecule has 142 valence electrons. The number of halogens is 3. The Hall–Kier alpha value is -1.00. The molecule has 5 nitrogen and oxygen atoms in total. The maximum absolute atomic E-state index is 13.6. The van der Waals surface area contributed by atoms with Crippen LogP contribution in [0.15, 0.2) is 23.2 Å². The summed E-state index contributed by atoms with van der Waals surface area (Å²) >= 11 is 0. The minimum absolute atomic E-state index is 0. The van der Waals surface area contributed by atoms with E-state index in [0.717, 1.165) is 57.9 Å². The second-order valence-electron chi connectivity index (χ2n) is 5.86. The van der Waals surface area contributed by atoms with Crippen molar-refractivity contribution in [1.29, 1.82) is 0 Å². The number of guanidine groups is 1. The number of piperazine rings is 1. The topological polar surface area (TPSA) is 42.9 Å². The van der Waals surface area contributed by atoms with Crippen LogP contribution >= 0.6 is 24.0 Å². The molecule has 0 aliphatic carbocycles. The fourth-order valence-corrected chi connectivity index (χ4v) is 2.74. The third kappa shape index (κ3) is 7.41. The van der Waals surface area contributed by atoms with Gasteiger partial charge in [0.15, 0.2) is 5.96 Å². The van der Waals surface area contributed by atoms with Gasteiger partial charge in [-0.25, -0.2) is 8.78 Å². The van der Waals surface area contributed by atoms with Crippen LogP contribution in [-0.2, 0) is 6.54 Å². The number of hydrogen-bond acceptors (Lipinski definition) is 3. The second kappa shape index (κ2) is 11.6. The molecule has 2 rings (SSSR count). The Labute approximate surface area is 165 Å². The summed E-state index contributed by atoms with van der Waals surface area (Å²) in [7, 11) is 1.66. The molecule has 0 radical (unpaired) electrons. The van der Waals surface area contributed by atoms with E-state index in [1.807, 2.05) is 0 Å². The minimum atomic E-state index is -0.442. The van der Waals surface area contributed by atoms with E-state index in [0.29, 0.717) is 5.96 Å². The van der Waals surface area contributed by atoms with Crippen LogP contribution in [-0.4, -0.2) is 68.6 Å². The Kier molecular flexibility index (Phi) is 10.2. The van der Waals surface area contributed by atoms with E-state index in [9.17, 15) is 8.78 Å². The summed E-state index contributed by atoms with van der Waals surface area (Å²) in [6, 6.07) is 3.45. The summed E-state index contributed by atoms with van der Waals surface area (Å²) in [5.74, 6) is -0.277. The van der Waals surface area contributed by atoms with Crippen LogP contribution in [0.4, 0.5) is 8.78 Å². The first-order valence-electron chi connectivity index (χ1n) is 8.45. The van der Waals surface area contributed by atoms with Crippen LogP contribution in [0.5, 0.6) is 0 Å². The van der Waals surface area contributed by atoms with Gasteiger partial charge in [0.2, 0.25) is 0 Å². The van der Waals surface area contributed by atoms with Crippen LogP contribution in [0.1, 0.15) is 12.5 Å². The summed E-state index contributed by atoms with van der Waals surface area (Å²) in [6.07, 6.45) is 0. The highest BCUT2D eigenvalue weighted by Gasteiger charge is 2.14. The third-order valence-electron chi connectivity index (χ3n) is 4.31. The molecule has 1 aliphatic heterocycles. The number of likely N-dealkylation sites (N-methyl/N-ethyl adjacent to an activating group) is 1. The van der Waals surface area contributed by atoms with Crippen molar-refractivity contribution in [2.45, 2.75) is 13.5 Å². The highest BCUT2D eigenvalue weighted by Crippen LogP contribution is 2.09. The number of nitrogens with one attached hydrogen (secondary N) is 2. The summed E-state index contributed by atoms with van der Waals surface area (Å²) in [4.78, 5) is 8.97. The van der Waals surface area contributed by atoms with Crippen LogP contribution < -0.4 is 10.6 Å². The normalized spacial score (nSPS) is 16.4. The van der Waals surface area contributed by atoms with Gasteiger partial charge in [-0.15, -0.1) is 24.0 Å². The Morgan fingerprint density at radius 1 is 1.12 bits per heavy atom. The molecule has 0 aromatic heterocycles. The lowest BCUT2D eigenvalue weighted by atomic mass is 10.2. The number of nitrogens with zero attached hydrogens (tertiary/aromatic N) is 3. The van der Waals surface area contributed by atoms with Gasteiger partial charge in [-0.1, -0.05) is 6.92 Å². The van der Waals surface area contributed by atoms with Crippen molar-refractivity contribution < 1.29 is 8.78 Å². The van der Waals surface area contributed by atoms with E-state index in [-0.39, 0.29) is 36.1 Å². The molecule has 0 amide bonds. The lowest BCUT2D eigenvalue weighted by Crippen LogP contribution is -2.49. The van der Waals surface area contributed by atoms with E-state index in [2.05, 4.69) is 32.3 Å². The quantitative estimate of drug-likeness (QED) is 0.381. The van der Waals surface area contributed by atoms with Gasteiger partial charge in [-0.3, -0.25) is 9.89 Å². The summed E-state index contributed by atoms with van der Waals surface area (Å²) in [5, 5.41) is 6.23. The molecule has 0 unspecified atom stereocenters. The Morgan fingerprint density at radius 2 is 1.80 bits per heavy atom. The van der Waals surface area contributed by atoms with Gasteiger partial charge in [0.1, 0.15) is 11.6 Å². The van der Waals surface area contributed by atoms with Gasteiger partial charge in [-0.05, 0) is 24.7 Å².